The van der Waals surface area contributed by atoms with Crippen molar-refractivity contribution >= 4 is 16.9 Å². The fraction of sp³-hybridized carbons (Fsp3) is 0.500. The molecular formula is C16H21N3O2. The van der Waals surface area contributed by atoms with Crippen molar-refractivity contribution in [2.45, 2.75) is 38.1 Å². The van der Waals surface area contributed by atoms with Gasteiger partial charge in [0.25, 0.3) is 0 Å². The minimum absolute atomic E-state index is 0.0424. The number of hydrogen-bond acceptors (Lipinski definition) is 3. The van der Waals surface area contributed by atoms with Crippen LogP contribution >= 0.6 is 0 Å². The number of imidazole rings is 1. The number of H-pyrrole nitrogens is 1. The van der Waals surface area contributed by atoms with Gasteiger partial charge in [-0.3, -0.25) is 4.79 Å². The molecule has 0 bridgehead atoms. The summed E-state index contributed by atoms with van der Waals surface area (Å²) in [4.78, 5) is 19.7. The number of aromatic amines is 1. The van der Waals surface area contributed by atoms with Crippen LogP contribution in [0.3, 0.4) is 0 Å². The Labute approximate surface area is 123 Å². The van der Waals surface area contributed by atoms with Crippen LogP contribution < -0.4 is 5.32 Å². The van der Waals surface area contributed by atoms with Gasteiger partial charge in [0.05, 0.1) is 11.0 Å². The molecule has 1 saturated carbocycles. The minimum Gasteiger partial charge on any atom is -0.396 e. The molecule has 0 aliphatic heterocycles. The summed E-state index contributed by atoms with van der Waals surface area (Å²) in [6.07, 6.45) is 4.10. The van der Waals surface area contributed by atoms with Crippen LogP contribution in [-0.4, -0.2) is 33.6 Å². The molecule has 1 aromatic carbocycles. The number of amides is 1. The summed E-state index contributed by atoms with van der Waals surface area (Å²) in [6.45, 7) is 0.161. The molecule has 2 aromatic rings. The summed E-state index contributed by atoms with van der Waals surface area (Å²) in [5, 5.41) is 12.3. The second kappa shape index (κ2) is 6.26. The number of nitrogens with one attached hydrogen (secondary N) is 2. The van der Waals surface area contributed by atoms with Crippen molar-refractivity contribution in [2.75, 3.05) is 6.61 Å². The van der Waals surface area contributed by atoms with Gasteiger partial charge in [-0.25, -0.2) is 4.98 Å². The maximum atomic E-state index is 12.0. The number of benzene rings is 1. The highest BCUT2D eigenvalue weighted by molar-refractivity contribution is 5.77. The van der Waals surface area contributed by atoms with Gasteiger partial charge in [-0.1, -0.05) is 18.6 Å². The van der Waals surface area contributed by atoms with E-state index < -0.39 is 0 Å². The van der Waals surface area contributed by atoms with E-state index in [1.54, 1.807) is 0 Å². The fourth-order valence-corrected chi connectivity index (χ4v) is 3.08. The fourth-order valence-electron chi connectivity index (χ4n) is 3.08. The first-order valence-corrected chi connectivity index (χ1v) is 7.60. The number of aryl methyl sites for hydroxylation is 1. The van der Waals surface area contributed by atoms with Crippen LogP contribution in [0, 0.1) is 5.92 Å². The first kappa shape index (κ1) is 14.1. The van der Waals surface area contributed by atoms with Crippen LogP contribution in [0.4, 0.5) is 0 Å². The molecule has 0 saturated heterocycles. The third-order valence-corrected chi connectivity index (χ3v) is 4.27. The van der Waals surface area contributed by atoms with E-state index in [1.807, 2.05) is 24.3 Å². The first-order chi connectivity index (χ1) is 10.3. The largest absolute Gasteiger partial charge is 0.396 e. The van der Waals surface area contributed by atoms with E-state index >= 15 is 0 Å². The second-order valence-corrected chi connectivity index (χ2v) is 5.75. The summed E-state index contributed by atoms with van der Waals surface area (Å²) in [6, 6.07) is 8.00. The summed E-state index contributed by atoms with van der Waals surface area (Å²) in [7, 11) is 0. The standard InChI is InChI=1S/C16H21N3O2/c20-10-11-4-3-7-12(11)19-16(21)9-8-15-17-13-5-1-2-6-14(13)18-15/h1-2,5-6,11-12,20H,3-4,7-10H2,(H,17,18)(H,19,21). The quantitative estimate of drug-likeness (QED) is 0.784. The van der Waals surface area contributed by atoms with Crippen LogP contribution in [-0.2, 0) is 11.2 Å². The number of fused-ring (bicyclic) bond motifs is 1. The number of hydrogen-bond donors (Lipinski definition) is 3. The first-order valence-electron chi connectivity index (χ1n) is 7.60. The zero-order chi connectivity index (χ0) is 14.7. The third kappa shape index (κ3) is 3.24. The van der Waals surface area contributed by atoms with Gasteiger partial charge in [-0.15, -0.1) is 0 Å². The number of rotatable bonds is 5. The molecule has 1 aliphatic carbocycles. The molecule has 1 fully saturated rings. The van der Waals surface area contributed by atoms with Crippen molar-refractivity contribution in [1.82, 2.24) is 15.3 Å². The second-order valence-electron chi connectivity index (χ2n) is 5.75. The average molecular weight is 287 g/mol. The Morgan fingerprint density at radius 3 is 3.05 bits per heavy atom. The van der Waals surface area contributed by atoms with Crippen LogP contribution in [0.5, 0.6) is 0 Å². The molecule has 21 heavy (non-hydrogen) atoms. The minimum atomic E-state index is 0.0424. The predicted octanol–water partition coefficient (Wildman–Crippen LogP) is 1.77. The van der Waals surface area contributed by atoms with Crippen molar-refractivity contribution in [3.63, 3.8) is 0 Å². The predicted molar refractivity (Wildman–Crippen MR) is 80.8 cm³/mol. The Hall–Kier alpha value is -1.88. The van der Waals surface area contributed by atoms with Gasteiger partial charge in [0.1, 0.15) is 5.82 Å². The van der Waals surface area contributed by atoms with Crippen LogP contribution in [0.1, 0.15) is 31.5 Å². The number of aliphatic hydroxyl groups is 1. The summed E-state index contributed by atoms with van der Waals surface area (Å²) in [5.74, 6) is 1.11. The molecule has 1 amide bonds. The molecule has 5 heteroatoms. The van der Waals surface area contributed by atoms with Crippen LogP contribution in [0.2, 0.25) is 0 Å². The Balaban J connectivity index is 1.53. The molecule has 0 radical (unpaired) electrons. The number of nitrogens with zero attached hydrogens (tertiary/aromatic N) is 1. The zero-order valence-electron chi connectivity index (χ0n) is 12.0. The van der Waals surface area contributed by atoms with E-state index in [4.69, 9.17) is 0 Å². The lowest BCUT2D eigenvalue weighted by molar-refractivity contribution is -0.122. The highest BCUT2D eigenvalue weighted by Gasteiger charge is 2.27. The lowest BCUT2D eigenvalue weighted by Gasteiger charge is -2.18. The van der Waals surface area contributed by atoms with Crippen molar-refractivity contribution in [3.8, 4) is 0 Å². The topological polar surface area (TPSA) is 78.0 Å². The lowest BCUT2D eigenvalue weighted by atomic mass is 10.0. The Morgan fingerprint density at radius 2 is 2.24 bits per heavy atom. The maximum Gasteiger partial charge on any atom is 0.220 e. The Bertz CT molecular complexity index is 590. The van der Waals surface area contributed by atoms with Gasteiger partial charge < -0.3 is 15.4 Å². The molecule has 2 atom stereocenters. The van der Waals surface area contributed by atoms with E-state index in [9.17, 15) is 9.90 Å². The van der Waals surface area contributed by atoms with Crippen molar-refractivity contribution < 1.29 is 9.90 Å². The molecule has 3 N–H and O–H groups in total. The van der Waals surface area contributed by atoms with Gasteiger partial charge in [-0.05, 0) is 25.0 Å². The van der Waals surface area contributed by atoms with E-state index in [1.165, 1.54) is 0 Å². The maximum absolute atomic E-state index is 12.0. The van der Waals surface area contributed by atoms with Gasteiger partial charge in [-0.2, -0.15) is 0 Å². The number of aromatic nitrogens is 2. The van der Waals surface area contributed by atoms with Gasteiger partial charge in [0.15, 0.2) is 0 Å². The van der Waals surface area contributed by atoms with Crippen molar-refractivity contribution in [1.29, 1.82) is 0 Å². The number of para-hydroxylation sites is 2. The molecule has 5 nitrogen and oxygen atoms in total. The van der Waals surface area contributed by atoms with Gasteiger partial charge >= 0.3 is 0 Å². The highest BCUT2D eigenvalue weighted by Crippen LogP contribution is 2.25. The molecule has 1 heterocycles. The molecule has 2 unspecified atom stereocenters. The Kier molecular flexibility index (Phi) is 4.20. The third-order valence-electron chi connectivity index (χ3n) is 4.27. The van der Waals surface area contributed by atoms with Crippen molar-refractivity contribution in [3.05, 3.63) is 30.1 Å². The molecule has 1 aromatic heterocycles. The monoisotopic (exact) mass is 287 g/mol. The zero-order valence-corrected chi connectivity index (χ0v) is 12.0. The summed E-state index contributed by atoms with van der Waals surface area (Å²) in [5.41, 5.74) is 1.94. The van der Waals surface area contributed by atoms with Gasteiger partial charge in [0.2, 0.25) is 5.91 Å². The molecule has 1 aliphatic rings. The van der Waals surface area contributed by atoms with E-state index in [2.05, 4.69) is 15.3 Å². The highest BCUT2D eigenvalue weighted by atomic mass is 16.3. The van der Waals surface area contributed by atoms with E-state index in [-0.39, 0.29) is 24.5 Å². The van der Waals surface area contributed by atoms with Crippen LogP contribution in [0.25, 0.3) is 11.0 Å². The number of aliphatic hydroxyl groups excluding tert-OH is 1. The Morgan fingerprint density at radius 1 is 1.38 bits per heavy atom. The lowest BCUT2D eigenvalue weighted by Crippen LogP contribution is -2.38. The average Bonchev–Trinajstić information content (AvgIpc) is 3.10. The van der Waals surface area contributed by atoms with Crippen LogP contribution in [0.15, 0.2) is 24.3 Å². The van der Waals surface area contributed by atoms with E-state index in [0.717, 1.165) is 36.1 Å². The number of carbonyl (C=O) groups is 1. The van der Waals surface area contributed by atoms with E-state index in [0.29, 0.717) is 12.8 Å². The normalized spacial score (nSPS) is 21.8. The van der Waals surface area contributed by atoms with Gasteiger partial charge in [0, 0.05) is 31.4 Å². The van der Waals surface area contributed by atoms with Crippen molar-refractivity contribution in [2.24, 2.45) is 5.92 Å². The summed E-state index contributed by atoms with van der Waals surface area (Å²) < 4.78 is 0. The number of carbonyl (C=O) groups excluding carboxylic acids is 1. The molecule has 112 valence electrons. The SMILES string of the molecule is O=C(CCc1nc2ccccc2[nH]1)NC1CCCC1CO. The molecule has 0 spiro atoms. The smallest absolute Gasteiger partial charge is 0.220 e. The molecular weight excluding hydrogens is 266 g/mol. The summed E-state index contributed by atoms with van der Waals surface area (Å²) >= 11 is 0. The molecule has 3 rings (SSSR count).